The van der Waals surface area contributed by atoms with Gasteiger partial charge in [0.1, 0.15) is 5.75 Å². The van der Waals surface area contributed by atoms with Crippen molar-refractivity contribution in [1.82, 2.24) is 15.5 Å². The van der Waals surface area contributed by atoms with Crippen LogP contribution in [0.1, 0.15) is 66.6 Å². The molecule has 2 aliphatic rings. The Morgan fingerprint density at radius 3 is 2.78 bits per heavy atom. The van der Waals surface area contributed by atoms with Gasteiger partial charge in [0, 0.05) is 30.7 Å². The Bertz CT molecular complexity index is 944. The first-order valence-corrected chi connectivity index (χ1v) is 11.7. The Balaban J connectivity index is 1.32. The first kappa shape index (κ1) is 22.3. The average molecular weight is 436 g/mol. The van der Waals surface area contributed by atoms with Crippen molar-refractivity contribution in [1.29, 1.82) is 0 Å². The maximum atomic E-state index is 12.7. The van der Waals surface area contributed by atoms with E-state index in [9.17, 15) is 9.59 Å². The number of nitrogens with one attached hydrogen (secondary N) is 2. The molecule has 2 aromatic rings. The van der Waals surface area contributed by atoms with Crippen molar-refractivity contribution in [3.63, 3.8) is 0 Å². The molecule has 0 bridgehead atoms. The number of carbonyl (C=O) groups is 2. The van der Waals surface area contributed by atoms with Gasteiger partial charge in [-0.3, -0.25) is 9.59 Å². The molecule has 6 nitrogen and oxygen atoms in total. The molecule has 170 valence electrons. The molecule has 2 fully saturated rings. The van der Waals surface area contributed by atoms with Crippen LogP contribution < -0.4 is 15.4 Å². The fourth-order valence-electron chi connectivity index (χ4n) is 4.82. The van der Waals surface area contributed by atoms with Gasteiger partial charge >= 0.3 is 0 Å². The predicted molar refractivity (Wildman–Crippen MR) is 125 cm³/mol. The van der Waals surface area contributed by atoms with Crippen LogP contribution in [0, 0.1) is 0 Å². The van der Waals surface area contributed by atoms with Crippen LogP contribution in [-0.2, 0) is 4.79 Å². The largest absolute Gasteiger partial charge is 0.494 e. The second kappa shape index (κ2) is 10.2. The van der Waals surface area contributed by atoms with Gasteiger partial charge in [0.25, 0.3) is 5.91 Å². The molecular weight excluding hydrogens is 402 g/mol. The van der Waals surface area contributed by atoms with Crippen molar-refractivity contribution in [3.8, 4) is 5.75 Å². The first-order valence-electron chi connectivity index (χ1n) is 11.7. The highest BCUT2D eigenvalue weighted by atomic mass is 16.5. The summed E-state index contributed by atoms with van der Waals surface area (Å²) in [6.45, 7) is 6.11. The zero-order valence-electron chi connectivity index (χ0n) is 19.0. The van der Waals surface area contributed by atoms with Crippen molar-refractivity contribution in [2.45, 2.75) is 51.1 Å². The molecule has 0 unspecified atom stereocenters. The quantitative estimate of drug-likeness (QED) is 0.697. The highest BCUT2D eigenvalue weighted by Gasteiger charge is 2.28. The van der Waals surface area contributed by atoms with E-state index < -0.39 is 0 Å². The van der Waals surface area contributed by atoms with Gasteiger partial charge < -0.3 is 20.3 Å². The topological polar surface area (TPSA) is 70.7 Å². The van der Waals surface area contributed by atoms with E-state index in [-0.39, 0.29) is 24.4 Å². The molecule has 1 saturated heterocycles. The maximum Gasteiger partial charge on any atom is 0.254 e. The number of amides is 2. The molecule has 0 radical (unpaired) electrons. The number of ether oxygens (including phenoxy) is 1. The van der Waals surface area contributed by atoms with E-state index in [2.05, 4.69) is 47.9 Å². The summed E-state index contributed by atoms with van der Waals surface area (Å²) >= 11 is 0. The molecule has 4 rings (SSSR count). The van der Waals surface area contributed by atoms with Crippen LogP contribution >= 0.6 is 0 Å². The van der Waals surface area contributed by atoms with E-state index in [1.807, 2.05) is 25.1 Å². The third kappa shape index (κ3) is 5.30. The van der Waals surface area contributed by atoms with E-state index in [0.29, 0.717) is 37.2 Å². The molecular formula is C26H33N3O3. The minimum absolute atomic E-state index is 0.0690. The summed E-state index contributed by atoms with van der Waals surface area (Å²) in [4.78, 5) is 25.9. The van der Waals surface area contributed by atoms with Crippen LogP contribution in [0.5, 0.6) is 5.75 Å². The van der Waals surface area contributed by atoms with E-state index >= 15 is 0 Å². The van der Waals surface area contributed by atoms with Crippen molar-refractivity contribution in [2.75, 3.05) is 26.2 Å². The van der Waals surface area contributed by atoms with Gasteiger partial charge in [0.2, 0.25) is 5.91 Å². The fraction of sp³-hybridized carbons (Fsp3) is 0.462. The molecule has 2 N–H and O–H groups in total. The average Bonchev–Trinajstić information content (AvgIpc) is 3.27. The zero-order chi connectivity index (χ0) is 22.5. The third-order valence-electron chi connectivity index (χ3n) is 6.54. The number of carbonyl (C=O) groups excluding carboxylic acids is 2. The van der Waals surface area contributed by atoms with Gasteiger partial charge in [0.05, 0.1) is 13.2 Å². The first-order chi connectivity index (χ1) is 15.5. The number of nitrogens with zero attached hydrogens (tertiary/aromatic N) is 1. The third-order valence-corrected chi connectivity index (χ3v) is 6.54. The molecule has 1 aliphatic heterocycles. The Kier molecular flexibility index (Phi) is 7.10. The number of benzene rings is 2. The van der Waals surface area contributed by atoms with Gasteiger partial charge in [-0.25, -0.2) is 0 Å². The van der Waals surface area contributed by atoms with Gasteiger partial charge in [0.15, 0.2) is 0 Å². The number of rotatable bonds is 7. The van der Waals surface area contributed by atoms with E-state index in [1.54, 1.807) is 4.90 Å². The molecule has 6 heteroatoms. The lowest BCUT2D eigenvalue weighted by Gasteiger charge is -2.26. The molecule has 0 spiro atoms. The Morgan fingerprint density at radius 2 is 2.03 bits per heavy atom. The summed E-state index contributed by atoms with van der Waals surface area (Å²) in [5, 5.41) is 6.54. The predicted octanol–water partition coefficient (Wildman–Crippen LogP) is 3.64. The molecule has 3 atom stereocenters. The van der Waals surface area contributed by atoms with Crippen molar-refractivity contribution in [2.24, 2.45) is 0 Å². The standard InChI is InChI=1S/C26H33N3O3/c1-3-32-24-6-4-5-21(16-24)18(2)28-23-12-11-22(15-23)19-7-9-20(10-8-19)26(31)29-14-13-27-25(30)17-29/h4-10,16,18,22-23,28H,3,11-15,17H2,1-2H3,(H,27,30)/t18-,22-,23+/m1/s1. The number of hydrogen-bond acceptors (Lipinski definition) is 4. The van der Waals surface area contributed by atoms with Crippen LogP contribution in [0.2, 0.25) is 0 Å². The van der Waals surface area contributed by atoms with E-state index in [0.717, 1.165) is 25.0 Å². The number of hydrogen-bond donors (Lipinski definition) is 2. The maximum absolute atomic E-state index is 12.7. The van der Waals surface area contributed by atoms with Crippen molar-refractivity contribution < 1.29 is 14.3 Å². The zero-order valence-corrected chi connectivity index (χ0v) is 19.0. The van der Waals surface area contributed by atoms with Crippen LogP contribution in [0.3, 0.4) is 0 Å². The molecule has 1 saturated carbocycles. The molecule has 32 heavy (non-hydrogen) atoms. The van der Waals surface area contributed by atoms with Gasteiger partial charge in [-0.15, -0.1) is 0 Å². The summed E-state index contributed by atoms with van der Waals surface area (Å²) in [5.74, 6) is 1.26. The summed E-state index contributed by atoms with van der Waals surface area (Å²) in [7, 11) is 0. The normalized spacial score (nSPS) is 21.8. The fourth-order valence-corrected chi connectivity index (χ4v) is 4.82. The summed E-state index contributed by atoms with van der Waals surface area (Å²) in [5.41, 5.74) is 3.18. The number of piperazine rings is 1. The van der Waals surface area contributed by atoms with Gasteiger partial charge in [-0.1, -0.05) is 24.3 Å². The molecule has 2 amide bonds. The van der Waals surface area contributed by atoms with Crippen molar-refractivity contribution in [3.05, 3.63) is 65.2 Å². The Hall–Kier alpha value is -2.86. The van der Waals surface area contributed by atoms with Crippen LogP contribution in [0.15, 0.2) is 48.5 Å². The summed E-state index contributed by atoms with van der Waals surface area (Å²) in [6, 6.07) is 17.0. The van der Waals surface area contributed by atoms with E-state index in [4.69, 9.17) is 4.74 Å². The second-order valence-electron chi connectivity index (χ2n) is 8.80. The highest BCUT2D eigenvalue weighted by molar-refractivity contribution is 5.97. The smallest absolute Gasteiger partial charge is 0.254 e. The lowest BCUT2D eigenvalue weighted by atomic mass is 9.96. The van der Waals surface area contributed by atoms with Crippen LogP contribution in [0.4, 0.5) is 0 Å². The minimum atomic E-state index is -0.0930. The summed E-state index contributed by atoms with van der Waals surface area (Å²) < 4.78 is 5.64. The molecule has 2 aromatic carbocycles. The van der Waals surface area contributed by atoms with Crippen LogP contribution in [0.25, 0.3) is 0 Å². The van der Waals surface area contributed by atoms with E-state index in [1.165, 1.54) is 11.1 Å². The minimum Gasteiger partial charge on any atom is -0.494 e. The Morgan fingerprint density at radius 1 is 1.22 bits per heavy atom. The van der Waals surface area contributed by atoms with Crippen LogP contribution in [-0.4, -0.2) is 49.0 Å². The SMILES string of the molecule is CCOc1cccc([C@@H](C)N[C@H]2CC[C@@H](c3ccc(C(=O)N4CCNC(=O)C4)cc3)C2)c1. The monoisotopic (exact) mass is 435 g/mol. The van der Waals surface area contributed by atoms with Crippen molar-refractivity contribution >= 4 is 11.8 Å². The lowest BCUT2D eigenvalue weighted by Crippen LogP contribution is -2.49. The van der Waals surface area contributed by atoms with Gasteiger partial charge in [-0.05, 0) is 74.4 Å². The molecule has 1 heterocycles. The van der Waals surface area contributed by atoms with Gasteiger partial charge in [-0.2, -0.15) is 0 Å². The molecule has 1 aliphatic carbocycles. The summed E-state index contributed by atoms with van der Waals surface area (Å²) in [6.07, 6.45) is 3.38. The highest BCUT2D eigenvalue weighted by Crippen LogP contribution is 2.35. The Labute approximate surface area is 190 Å². The molecule has 0 aromatic heterocycles. The second-order valence-corrected chi connectivity index (χ2v) is 8.80. The lowest BCUT2D eigenvalue weighted by molar-refractivity contribution is -0.123.